The molecule has 3 rings (SSSR count). The number of allylic oxidation sites excluding steroid dienone is 1. The Labute approximate surface area is 169 Å². The number of aliphatic hydroxyl groups excluding tert-OH is 1. The molecule has 1 saturated carbocycles. The second-order valence-electron chi connectivity index (χ2n) is 7.56. The summed E-state index contributed by atoms with van der Waals surface area (Å²) in [4.78, 5) is 23.2. The SMILES string of the molecule is O=C(O)c1ccc(CCC2C(=O)CCC2/C=C/C(O)Cc2ccccc2F)cc1. The summed E-state index contributed by atoms with van der Waals surface area (Å²) in [5.41, 5.74) is 1.71. The highest BCUT2D eigenvalue weighted by Crippen LogP contribution is 2.33. The van der Waals surface area contributed by atoms with Crippen LogP contribution in [0, 0.1) is 17.7 Å². The predicted octanol–water partition coefficient (Wildman–Crippen LogP) is 4.21. The number of carbonyl (C=O) groups is 2. The van der Waals surface area contributed by atoms with Gasteiger partial charge in [-0.15, -0.1) is 0 Å². The Hall–Kier alpha value is -2.79. The summed E-state index contributed by atoms with van der Waals surface area (Å²) in [7, 11) is 0. The number of carboxylic acid groups (broad SMARTS) is 1. The highest BCUT2D eigenvalue weighted by atomic mass is 19.1. The molecule has 2 N–H and O–H groups in total. The fourth-order valence-electron chi connectivity index (χ4n) is 3.90. The van der Waals surface area contributed by atoms with Crippen molar-refractivity contribution in [1.29, 1.82) is 0 Å². The van der Waals surface area contributed by atoms with Crippen LogP contribution in [0.5, 0.6) is 0 Å². The lowest BCUT2D eigenvalue weighted by Crippen LogP contribution is -2.15. The standard InChI is InChI=1S/C24H25FO4/c25-22-4-2-1-3-19(22)15-20(26)12-10-17-11-14-23(27)21(17)13-7-16-5-8-18(9-6-16)24(28)29/h1-6,8-10,12,17,20-21,26H,7,11,13-15H2,(H,28,29)/b12-10+. The Balaban J connectivity index is 1.57. The number of hydrogen-bond donors (Lipinski definition) is 2. The molecule has 0 amide bonds. The quantitative estimate of drug-likeness (QED) is 0.656. The maximum Gasteiger partial charge on any atom is 0.335 e. The van der Waals surface area contributed by atoms with Crippen molar-refractivity contribution in [3.05, 3.63) is 83.2 Å². The summed E-state index contributed by atoms with van der Waals surface area (Å²) in [6.45, 7) is 0. The zero-order chi connectivity index (χ0) is 20.8. The molecule has 0 aliphatic heterocycles. The monoisotopic (exact) mass is 396 g/mol. The topological polar surface area (TPSA) is 74.6 Å². The van der Waals surface area contributed by atoms with Crippen molar-refractivity contribution in [2.45, 2.75) is 38.2 Å². The maximum atomic E-state index is 13.7. The molecule has 0 radical (unpaired) electrons. The molecule has 152 valence electrons. The van der Waals surface area contributed by atoms with Gasteiger partial charge in [-0.1, -0.05) is 42.5 Å². The molecule has 1 aliphatic rings. The van der Waals surface area contributed by atoms with E-state index in [0.29, 0.717) is 24.8 Å². The van der Waals surface area contributed by atoms with Crippen LogP contribution in [0.25, 0.3) is 0 Å². The van der Waals surface area contributed by atoms with Gasteiger partial charge in [-0.25, -0.2) is 9.18 Å². The smallest absolute Gasteiger partial charge is 0.335 e. The van der Waals surface area contributed by atoms with Crippen molar-refractivity contribution in [3.8, 4) is 0 Å². The second-order valence-corrected chi connectivity index (χ2v) is 7.56. The van der Waals surface area contributed by atoms with Crippen LogP contribution < -0.4 is 0 Å². The van der Waals surface area contributed by atoms with E-state index in [1.807, 2.05) is 6.08 Å². The van der Waals surface area contributed by atoms with Crippen molar-refractivity contribution in [3.63, 3.8) is 0 Å². The molecule has 2 aromatic carbocycles. The number of ketones is 1. The molecule has 5 heteroatoms. The van der Waals surface area contributed by atoms with Crippen LogP contribution >= 0.6 is 0 Å². The lowest BCUT2D eigenvalue weighted by molar-refractivity contribution is -0.121. The number of carboxylic acids is 1. The lowest BCUT2D eigenvalue weighted by Gasteiger charge is -2.16. The lowest BCUT2D eigenvalue weighted by atomic mass is 9.88. The number of aryl methyl sites for hydroxylation is 1. The first-order chi connectivity index (χ1) is 13.9. The van der Waals surface area contributed by atoms with E-state index in [9.17, 15) is 19.1 Å². The number of aromatic carboxylic acids is 1. The van der Waals surface area contributed by atoms with Gasteiger partial charge < -0.3 is 10.2 Å². The summed E-state index contributed by atoms with van der Waals surface area (Å²) in [6, 6.07) is 13.1. The Morgan fingerprint density at radius 1 is 1.17 bits per heavy atom. The maximum absolute atomic E-state index is 13.7. The molecule has 2 aromatic rings. The van der Waals surface area contributed by atoms with E-state index in [0.717, 1.165) is 12.0 Å². The molecular weight excluding hydrogens is 371 g/mol. The van der Waals surface area contributed by atoms with Gasteiger partial charge in [0.1, 0.15) is 11.6 Å². The summed E-state index contributed by atoms with van der Waals surface area (Å²) in [5, 5.41) is 19.2. The van der Waals surface area contributed by atoms with Gasteiger partial charge in [-0.2, -0.15) is 0 Å². The Bertz CT molecular complexity index is 888. The number of benzene rings is 2. The average molecular weight is 396 g/mol. The minimum absolute atomic E-state index is 0.0658. The van der Waals surface area contributed by atoms with E-state index in [2.05, 4.69) is 0 Å². The Morgan fingerprint density at radius 2 is 1.90 bits per heavy atom. The molecule has 29 heavy (non-hydrogen) atoms. The van der Waals surface area contributed by atoms with Gasteiger partial charge in [-0.3, -0.25) is 4.79 Å². The van der Waals surface area contributed by atoms with Crippen molar-refractivity contribution in [1.82, 2.24) is 0 Å². The summed E-state index contributed by atoms with van der Waals surface area (Å²) in [6.07, 6.45) is 5.63. The van der Waals surface area contributed by atoms with Crippen LogP contribution in [-0.2, 0) is 17.6 Å². The van der Waals surface area contributed by atoms with Crippen molar-refractivity contribution in [2.75, 3.05) is 0 Å². The third kappa shape index (κ3) is 5.61. The number of hydrogen-bond acceptors (Lipinski definition) is 3. The molecule has 0 heterocycles. The third-order valence-corrected chi connectivity index (χ3v) is 5.57. The average Bonchev–Trinajstić information content (AvgIpc) is 3.06. The van der Waals surface area contributed by atoms with E-state index in [1.54, 1.807) is 48.5 Å². The molecule has 3 unspecified atom stereocenters. The van der Waals surface area contributed by atoms with Gasteiger partial charge >= 0.3 is 5.97 Å². The first-order valence-electron chi connectivity index (χ1n) is 9.89. The third-order valence-electron chi connectivity index (χ3n) is 5.57. The summed E-state index contributed by atoms with van der Waals surface area (Å²) >= 11 is 0. The van der Waals surface area contributed by atoms with Crippen molar-refractivity contribution in [2.24, 2.45) is 11.8 Å². The molecule has 0 spiro atoms. The van der Waals surface area contributed by atoms with Crippen LogP contribution in [0.15, 0.2) is 60.7 Å². The van der Waals surface area contributed by atoms with Gasteiger partial charge in [0.15, 0.2) is 0 Å². The van der Waals surface area contributed by atoms with E-state index >= 15 is 0 Å². The molecule has 4 nitrogen and oxygen atoms in total. The zero-order valence-corrected chi connectivity index (χ0v) is 16.1. The fraction of sp³-hybridized carbons (Fsp3) is 0.333. The number of Topliss-reactive ketones (excluding diaryl/α,β-unsaturated/α-hetero) is 1. The highest BCUT2D eigenvalue weighted by molar-refractivity contribution is 5.87. The molecule has 3 atom stereocenters. The van der Waals surface area contributed by atoms with E-state index in [1.165, 1.54) is 6.07 Å². The summed E-state index contributed by atoms with van der Waals surface area (Å²) < 4.78 is 13.7. The van der Waals surface area contributed by atoms with E-state index in [-0.39, 0.29) is 35.4 Å². The zero-order valence-electron chi connectivity index (χ0n) is 16.1. The largest absolute Gasteiger partial charge is 0.478 e. The van der Waals surface area contributed by atoms with E-state index < -0.39 is 12.1 Å². The number of halogens is 1. The Morgan fingerprint density at radius 3 is 2.59 bits per heavy atom. The molecule has 1 fully saturated rings. The highest BCUT2D eigenvalue weighted by Gasteiger charge is 2.32. The Kier molecular flexibility index (Phi) is 6.94. The van der Waals surface area contributed by atoms with Gasteiger partial charge in [0.2, 0.25) is 0 Å². The molecule has 0 saturated heterocycles. The van der Waals surface area contributed by atoms with Gasteiger partial charge in [0.25, 0.3) is 0 Å². The minimum atomic E-state index is -0.957. The molecule has 0 bridgehead atoms. The van der Waals surface area contributed by atoms with Gasteiger partial charge in [0.05, 0.1) is 11.7 Å². The van der Waals surface area contributed by atoms with Crippen LogP contribution in [0.4, 0.5) is 4.39 Å². The predicted molar refractivity (Wildman–Crippen MR) is 108 cm³/mol. The van der Waals surface area contributed by atoms with Gasteiger partial charge in [-0.05, 0) is 54.5 Å². The van der Waals surface area contributed by atoms with E-state index in [4.69, 9.17) is 5.11 Å². The molecule has 1 aliphatic carbocycles. The minimum Gasteiger partial charge on any atom is -0.478 e. The summed E-state index contributed by atoms with van der Waals surface area (Å²) in [5.74, 6) is -1.10. The number of rotatable bonds is 8. The van der Waals surface area contributed by atoms with Gasteiger partial charge in [0, 0.05) is 18.8 Å². The number of carbonyl (C=O) groups excluding carboxylic acids is 1. The van der Waals surface area contributed by atoms with Crippen LogP contribution in [0.1, 0.15) is 40.7 Å². The number of aliphatic hydroxyl groups is 1. The van der Waals surface area contributed by atoms with Crippen LogP contribution in [0.2, 0.25) is 0 Å². The molecule has 0 aromatic heterocycles. The second kappa shape index (κ2) is 9.61. The fourth-order valence-corrected chi connectivity index (χ4v) is 3.90. The van der Waals surface area contributed by atoms with Crippen molar-refractivity contribution >= 4 is 11.8 Å². The van der Waals surface area contributed by atoms with Crippen LogP contribution in [0.3, 0.4) is 0 Å². The molecular formula is C24H25FO4. The van der Waals surface area contributed by atoms with Crippen LogP contribution in [-0.4, -0.2) is 28.1 Å². The van der Waals surface area contributed by atoms with Crippen molar-refractivity contribution < 1.29 is 24.2 Å². The normalized spacial score (nSPS) is 20.3. The first kappa shape index (κ1) is 20.9. The first-order valence-corrected chi connectivity index (χ1v) is 9.89.